The van der Waals surface area contributed by atoms with Gasteiger partial charge in [0.15, 0.2) is 0 Å². The molecule has 0 saturated carbocycles. The molecule has 1 heterocycles. The molecule has 0 spiro atoms. The van der Waals surface area contributed by atoms with Crippen LogP contribution in [0.3, 0.4) is 0 Å². The van der Waals surface area contributed by atoms with Gasteiger partial charge in [-0.15, -0.1) is 0 Å². The molecule has 0 aromatic heterocycles. The number of benzene rings is 2. The van der Waals surface area contributed by atoms with Crippen molar-refractivity contribution in [2.75, 3.05) is 19.0 Å². The van der Waals surface area contributed by atoms with E-state index in [0.29, 0.717) is 23.4 Å². The molecule has 0 radical (unpaired) electrons. The van der Waals surface area contributed by atoms with Crippen LogP contribution in [-0.4, -0.2) is 30.8 Å². The second-order valence-electron chi connectivity index (χ2n) is 5.36. The predicted octanol–water partition coefficient (Wildman–Crippen LogP) is 2.55. The van der Waals surface area contributed by atoms with Crippen molar-refractivity contribution in [1.82, 2.24) is 4.90 Å². The number of carbonyl (C=O) groups excluding carboxylic acids is 2. The molecule has 0 bridgehead atoms. The first-order chi connectivity index (χ1) is 10.1. The first-order valence-corrected chi connectivity index (χ1v) is 6.80. The maximum Gasteiger partial charge on any atom is 0.266 e. The second kappa shape index (κ2) is 5.14. The fourth-order valence-electron chi connectivity index (χ4n) is 2.61. The molecule has 1 aliphatic heterocycles. The highest BCUT2D eigenvalue weighted by Crippen LogP contribution is 2.30. The molecular formula is C17H16N2O2. The number of carbonyl (C=O) groups is 2. The number of hydrogen-bond acceptors (Lipinski definition) is 3. The van der Waals surface area contributed by atoms with E-state index in [0.717, 1.165) is 5.56 Å². The van der Waals surface area contributed by atoms with Gasteiger partial charge in [-0.2, -0.15) is 0 Å². The van der Waals surface area contributed by atoms with E-state index in [1.807, 2.05) is 43.3 Å². The van der Waals surface area contributed by atoms with E-state index in [2.05, 4.69) is 0 Å². The molecule has 2 aromatic rings. The molecule has 2 amide bonds. The highest BCUT2D eigenvalue weighted by Gasteiger charge is 2.37. The Labute approximate surface area is 123 Å². The summed E-state index contributed by atoms with van der Waals surface area (Å²) in [7, 11) is 3.91. The lowest BCUT2D eigenvalue weighted by Crippen LogP contribution is -2.31. The molecule has 0 N–H and O–H groups in total. The summed E-state index contributed by atoms with van der Waals surface area (Å²) in [6.07, 6.45) is 0. The van der Waals surface area contributed by atoms with Crippen molar-refractivity contribution in [3.8, 4) is 0 Å². The number of anilines is 1. The molecule has 4 heteroatoms. The van der Waals surface area contributed by atoms with Crippen LogP contribution >= 0.6 is 0 Å². The quantitative estimate of drug-likeness (QED) is 0.811. The largest absolute Gasteiger partial charge is 0.305 e. The summed E-state index contributed by atoms with van der Waals surface area (Å²) in [5, 5.41) is 0. The second-order valence-corrected chi connectivity index (χ2v) is 5.36. The average molecular weight is 280 g/mol. The van der Waals surface area contributed by atoms with Gasteiger partial charge in [0.2, 0.25) is 0 Å². The van der Waals surface area contributed by atoms with Crippen LogP contribution in [0.2, 0.25) is 0 Å². The molecule has 21 heavy (non-hydrogen) atoms. The zero-order valence-electron chi connectivity index (χ0n) is 12.0. The van der Waals surface area contributed by atoms with Crippen LogP contribution < -0.4 is 4.90 Å². The Kier molecular flexibility index (Phi) is 3.31. The summed E-state index contributed by atoms with van der Waals surface area (Å²) in [6, 6.07) is 14.5. The fraction of sp³-hybridized carbons (Fsp3) is 0.176. The van der Waals surface area contributed by atoms with Crippen LogP contribution in [0.25, 0.3) is 0 Å². The van der Waals surface area contributed by atoms with Gasteiger partial charge in [0.05, 0.1) is 16.8 Å². The molecule has 0 aliphatic carbocycles. The minimum Gasteiger partial charge on any atom is -0.305 e. The van der Waals surface area contributed by atoms with Crippen molar-refractivity contribution in [3.63, 3.8) is 0 Å². The van der Waals surface area contributed by atoms with Crippen molar-refractivity contribution in [3.05, 3.63) is 65.2 Å². The van der Waals surface area contributed by atoms with Crippen molar-refractivity contribution in [2.24, 2.45) is 0 Å². The first kappa shape index (κ1) is 13.5. The number of fused-ring (bicyclic) bond motifs is 1. The number of rotatable bonds is 3. The SMILES string of the molecule is CN(C)Cc1ccccc1N1C(=O)c2ccccc2C1=O. The van der Waals surface area contributed by atoms with Crippen molar-refractivity contribution >= 4 is 17.5 Å². The molecule has 0 fully saturated rings. The Morgan fingerprint density at radius 1 is 0.857 bits per heavy atom. The molecule has 1 aliphatic rings. The molecule has 0 atom stereocenters. The summed E-state index contributed by atoms with van der Waals surface area (Å²) in [5.41, 5.74) is 2.57. The molecule has 2 aromatic carbocycles. The van der Waals surface area contributed by atoms with Gasteiger partial charge in [-0.25, -0.2) is 4.90 Å². The Bertz CT molecular complexity index is 687. The fourth-order valence-corrected chi connectivity index (χ4v) is 2.61. The van der Waals surface area contributed by atoms with E-state index in [4.69, 9.17) is 0 Å². The van der Waals surface area contributed by atoms with Crippen molar-refractivity contribution in [2.45, 2.75) is 6.54 Å². The molecule has 4 nitrogen and oxygen atoms in total. The normalized spacial score (nSPS) is 14.0. The number of imide groups is 1. The standard InChI is InChI=1S/C17H16N2O2/c1-18(2)11-12-7-3-6-10-15(12)19-16(20)13-8-4-5-9-14(13)17(19)21/h3-10H,11H2,1-2H3. The maximum atomic E-state index is 12.5. The lowest BCUT2D eigenvalue weighted by molar-refractivity contribution is 0.0925. The van der Waals surface area contributed by atoms with E-state index in [9.17, 15) is 9.59 Å². The third kappa shape index (κ3) is 2.23. The maximum absolute atomic E-state index is 12.5. The van der Waals surface area contributed by atoms with Crippen LogP contribution in [0.1, 0.15) is 26.3 Å². The zero-order chi connectivity index (χ0) is 15.0. The summed E-state index contributed by atoms with van der Waals surface area (Å²) < 4.78 is 0. The third-order valence-corrected chi connectivity index (χ3v) is 3.51. The Morgan fingerprint density at radius 2 is 1.38 bits per heavy atom. The Morgan fingerprint density at radius 3 is 1.95 bits per heavy atom. The first-order valence-electron chi connectivity index (χ1n) is 6.80. The number of para-hydroxylation sites is 1. The minimum absolute atomic E-state index is 0.248. The monoisotopic (exact) mass is 280 g/mol. The van der Waals surface area contributed by atoms with Gasteiger partial charge in [-0.1, -0.05) is 30.3 Å². The molecular weight excluding hydrogens is 264 g/mol. The van der Waals surface area contributed by atoms with Crippen molar-refractivity contribution < 1.29 is 9.59 Å². The summed E-state index contributed by atoms with van der Waals surface area (Å²) >= 11 is 0. The van der Waals surface area contributed by atoms with Gasteiger partial charge in [0, 0.05) is 6.54 Å². The lowest BCUT2D eigenvalue weighted by Gasteiger charge is -2.20. The van der Waals surface area contributed by atoms with E-state index >= 15 is 0 Å². The summed E-state index contributed by atoms with van der Waals surface area (Å²) in [4.78, 5) is 28.4. The van der Waals surface area contributed by atoms with Gasteiger partial charge in [0.1, 0.15) is 0 Å². The van der Waals surface area contributed by atoms with Gasteiger partial charge in [-0.3, -0.25) is 9.59 Å². The Balaban J connectivity index is 2.07. The van der Waals surface area contributed by atoms with Gasteiger partial charge in [-0.05, 0) is 37.9 Å². The zero-order valence-corrected chi connectivity index (χ0v) is 12.0. The summed E-state index contributed by atoms with van der Waals surface area (Å²) in [5.74, 6) is -0.497. The predicted molar refractivity (Wildman–Crippen MR) is 81.4 cm³/mol. The smallest absolute Gasteiger partial charge is 0.266 e. The number of amides is 2. The van der Waals surface area contributed by atoms with Gasteiger partial charge >= 0.3 is 0 Å². The number of nitrogens with zero attached hydrogens (tertiary/aromatic N) is 2. The van der Waals surface area contributed by atoms with Gasteiger partial charge in [0.25, 0.3) is 11.8 Å². The van der Waals surface area contributed by atoms with Crippen LogP contribution in [0.15, 0.2) is 48.5 Å². The van der Waals surface area contributed by atoms with Crippen LogP contribution in [0, 0.1) is 0 Å². The molecule has 3 rings (SSSR count). The van der Waals surface area contributed by atoms with Crippen LogP contribution in [0.5, 0.6) is 0 Å². The average Bonchev–Trinajstić information content (AvgIpc) is 2.72. The van der Waals surface area contributed by atoms with E-state index in [-0.39, 0.29) is 11.8 Å². The van der Waals surface area contributed by atoms with Crippen molar-refractivity contribution in [1.29, 1.82) is 0 Å². The third-order valence-electron chi connectivity index (χ3n) is 3.51. The van der Waals surface area contributed by atoms with Gasteiger partial charge < -0.3 is 4.90 Å². The number of hydrogen-bond donors (Lipinski definition) is 0. The molecule has 0 saturated heterocycles. The van der Waals surface area contributed by atoms with Crippen LogP contribution in [-0.2, 0) is 6.54 Å². The summed E-state index contributed by atoms with van der Waals surface area (Å²) in [6.45, 7) is 0.670. The minimum atomic E-state index is -0.248. The molecule has 106 valence electrons. The Hall–Kier alpha value is -2.46. The highest BCUT2D eigenvalue weighted by atomic mass is 16.2. The topological polar surface area (TPSA) is 40.6 Å². The van der Waals surface area contributed by atoms with E-state index in [1.165, 1.54) is 4.90 Å². The van der Waals surface area contributed by atoms with Crippen LogP contribution in [0.4, 0.5) is 5.69 Å². The van der Waals surface area contributed by atoms with E-state index < -0.39 is 0 Å². The lowest BCUT2D eigenvalue weighted by atomic mass is 10.1. The van der Waals surface area contributed by atoms with E-state index in [1.54, 1.807) is 24.3 Å². The molecule has 0 unspecified atom stereocenters. The highest BCUT2D eigenvalue weighted by molar-refractivity contribution is 6.34.